The van der Waals surface area contributed by atoms with Crippen LogP contribution in [-0.2, 0) is 0 Å². The molecule has 104 valence electrons. The number of ketones is 1. The molecule has 3 nitrogen and oxygen atoms in total. The van der Waals surface area contributed by atoms with E-state index >= 15 is 0 Å². The molecule has 0 spiro atoms. The van der Waals surface area contributed by atoms with Crippen LogP contribution in [0.3, 0.4) is 0 Å². The third-order valence-corrected chi connectivity index (χ3v) is 3.73. The number of Topliss-reactive ketones (excluding diaryl/α,β-unsaturated/α-hetero) is 1. The highest BCUT2D eigenvalue weighted by Crippen LogP contribution is 2.21. The zero-order valence-electron chi connectivity index (χ0n) is 11.1. The molecular formula is C15H21FN2O. The summed E-state index contributed by atoms with van der Waals surface area (Å²) < 4.78 is 13.5. The third kappa shape index (κ3) is 4.11. The Morgan fingerprint density at radius 2 is 2.11 bits per heavy atom. The van der Waals surface area contributed by atoms with Crippen molar-refractivity contribution >= 4 is 5.78 Å². The lowest BCUT2D eigenvalue weighted by Crippen LogP contribution is -2.37. The first-order chi connectivity index (χ1) is 9.16. The highest BCUT2D eigenvalue weighted by molar-refractivity contribution is 5.96. The van der Waals surface area contributed by atoms with Crippen LogP contribution in [0, 0.1) is 11.7 Å². The molecule has 2 atom stereocenters. The first kappa shape index (κ1) is 14.2. The molecule has 0 bridgehead atoms. The average molecular weight is 264 g/mol. The quantitative estimate of drug-likeness (QED) is 0.822. The molecule has 1 aliphatic heterocycles. The van der Waals surface area contributed by atoms with Crippen LogP contribution < -0.4 is 11.1 Å². The molecular weight excluding hydrogens is 243 g/mol. The molecule has 1 fully saturated rings. The molecule has 0 saturated carbocycles. The van der Waals surface area contributed by atoms with Crippen LogP contribution in [0.5, 0.6) is 0 Å². The Kier molecular flexibility index (Phi) is 5.05. The lowest BCUT2D eigenvalue weighted by atomic mass is 9.89. The summed E-state index contributed by atoms with van der Waals surface area (Å²) in [5.74, 6) is -0.226. The van der Waals surface area contributed by atoms with Crippen LogP contribution in [-0.4, -0.2) is 24.9 Å². The molecule has 0 aromatic heterocycles. The predicted molar refractivity (Wildman–Crippen MR) is 73.5 cm³/mol. The van der Waals surface area contributed by atoms with Crippen molar-refractivity contribution in [2.45, 2.75) is 31.7 Å². The van der Waals surface area contributed by atoms with E-state index in [0.717, 1.165) is 32.4 Å². The minimum absolute atomic E-state index is 0.0998. The Labute approximate surface area is 113 Å². The first-order valence-corrected chi connectivity index (χ1v) is 6.91. The molecule has 0 radical (unpaired) electrons. The number of nitrogens with two attached hydrogens (primary N) is 1. The molecule has 1 saturated heterocycles. The minimum Gasteiger partial charge on any atom is -0.327 e. The van der Waals surface area contributed by atoms with Crippen molar-refractivity contribution in [1.82, 2.24) is 5.32 Å². The Balaban J connectivity index is 1.96. The fourth-order valence-electron chi connectivity index (χ4n) is 2.55. The molecule has 2 unspecified atom stereocenters. The van der Waals surface area contributed by atoms with E-state index in [1.807, 2.05) is 0 Å². The van der Waals surface area contributed by atoms with Gasteiger partial charge in [-0.25, -0.2) is 4.39 Å². The largest absolute Gasteiger partial charge is 0.327 e. The normalized spacial score (nSPS) is 24.5. The average Bonchev–Trinajstić information content (AvgIpc) is 2.38. The Bertz CT molecular complexity index is 436. The Hall–Kier alpha value is -1.26. The van der Waals surface area contributed by atoms with Crippen LogP contribution >= 0.6 is 0 Å². The molecule has 0 amide bonds. The van der Waals surface area contributed by atoms with Crippen molar-refractivity contribution in [3.8, 4) is 0 Å². The molecule has 1 aromatic rings. The van der Waals surface area contributed by atoms with Crippen molar-refractivity contribution < 1.29 is 9.18 Å². The highest BCUT2D eigenvalue weighted by atomic mass is 19.1. The van der Waals surface area contributed by atoms with E-state index in [1.54, 1.807) is 18.2 Å². The minimum atomic E-state index is -0.423. The van der Waals surface area contributed by atoms with Gasteiger partial charge in [0.05, 0.1) is 5.56 Å². The number of hydrogen-bond donors (Lipinski definition) is 2. The lowest BCUT2D eigenvalue weighted by molar-refractivity contribution is 0.0950. The molecule has 0 aliphatic carbocycles. The number of halogens is 1. The van der Waals surface area contributed by atoms with E-state index in [9.17, 15) is 9.18 Å². The molecule has 3 N–H and O–H groups in total. The summed E-state index contributed by atoms with van der Waals surface area (Å²) in [6.07, 6.45) is 3.23. The maximum absolute atomic E-state index is 13.5. The second-order valence-electron chi connectivity index (χ2n) is 5.30. The van der Waals surface area contributed by atoms with Gasteiger partial charge in [0, 0.05) is 19.0 Å². The standard InChI is InChI=1S/C15H21FN2O/c16-14-4-2-1-3-13(14)15(19)9-11-5-6-12(17)10-18-8-7-11/h1-4,11-12,18H,5-10,17H2. The zero-order chi connectivity index (χ0) is 13.7. The Morgan fingerprint density at radius 3 is 2.89 bits per heavy atom. The number of benzene rings is 1. The number of carbonyl (C=O) groups is 1. The van der Waals surface area contributed by atoms with E-state index in [1.165, 1.54) is 6.07 Å². The van der Waals surface area contributed by atoms with Crippen molar-refractivity contribution in [3.05, 3.63) is 35.6 Å². The summed E-state index contributed by atoms with van der Waals surface area (Å²) in [5.41, 5.74) is 6.14. The van der Waals surface area contributed by atoms with Crippen molar-refractivity contribution in [2.75, 3.05) is 13.1 Å². The summed E-state index contributed by atoms with van der Waals surface area (Å²) in [7, 11) is 0. The molecule has 1 heterocycles. The van der Waals surface area contributed by atoms with Gasteiger partial charge in [-0.3, -0.25) is 4.79 Å². The molecule has 4 heteroatoms. The predicted octanol–water partition coefficient (Wildman–Crippen LogP) is 2.12. The Morgan fingerprint density at radius 1 is 1.32 bits per heavy atom. The fraction of sp³-hybridized carbons (Fsp3) is 0.533. The summed E-state index contributed by atoms with van der Waals surface area (Å²) >= 11 is 0. The van der Waals surface area contributed by atoms with Crippen molar-refractivity contribution in [3.63, 3.8) is 0 Å². The topological polar surface area (TPSA) is 55.1 Å². The van der Waals surface area contributed by atoms with E-state index in [2.05, 4.69) is 5.32 Å². The first-order valence-electron chi connectivity index (χ1n) is 6.91. The van der Waals surface area contributed by atoms with E-state index < -0.39 is 5.82 Å². The third-order valence-electron chi connectivity index (χ3n) is 3.73. The van der Waals surface area contributed by atoms with Gasteiger partial charge in [0.2, 0.25) is 0 Å². The van der Waals surface area contributed by atoms with Gasteiger partial charge in [-0.05, 0) is 43.9 Å². The maximum atomic E-state index is 13.5. The molecule has 2 rings (SSSR count). The molecule has 1 aromatic carbocycles. The van der Waals surface area contributed by atoms with Crippen LogP contribution in [0.2, 0.25) is 0 Å². The summed E-state index contributed by atoms with van der Waals surface area (Å²) in [4.78, 5) is 12.1. The van der Waals surface area contributed by atoms with Gasteiger partial charge in [0.1, 0.15) is 5.82 Å². The number of rotatable bonds is 3. The number of hydrogen-bond acceptors (Lipinski definition) is 3. The van der Waals surface area contributed by atoms with E-state index in [-0.39, 0.29) is 17.4 Å². The molecule has 19 heavy (non-hydrogen) atoms. The zero-order valence-corrected chi connectivity index (χ0v) is 11.1. The SMILES string of the molecule is NC1CCC(CC(=O)c2ccccc2F)CCNC1. The number of nitrogens with one attached hydrogen (secondary N) is 1. The number of carbonyl (C=O) groups excluding carboxylic acids is 1. The van der Waals surface area contributed by atoms with Gasteiger partial charge < -0.3 is 11.1 Å². The van der Waals surface area contributed by atoms with E-state index in [0.29, 0.717) is 12.3 Å². The monoisotopic (exact) mass is 264 g/mol. The van der Waals surface area contributed by atoms with Crippen molar-refractivity contribution in [2.24, 2.45) is 11.7 Å². The van der Waals surface area contributed by atoms with Gasteiger partial charge in [-0.1, -0.05) is 12.1 Å². The van der Waals surface area contributed by atoms with Crippen LogP contribution in [0.15, 0.2) is 24.3 Å². The van der Waals surface area contributed by atoms with Gasteiger partial charge >= 0.3 is 0 Å². The van der Waals surface area contributed by atoms with Gasteiger partial charge in [-0.2, -0.15) is 0 Å². The summed E-state index contributed by atoms with van der Waals surface area (Å²) in [6.45, 7) is 1.72. The molecule has 1 aliphatic rings. The fourth-order valence-corrected chi connectivity index (χ4v) is 2.55. The maximum Gasteiger partial charge on any atom is 0.166 e. The van der Waals surface area contributed by atoms with Crippen LogP contribution in [0.4, 0.5) is 4.39 Å². The second-order valence-corrected chi connectivity index (χ2v) is 5.30. The summed E-state index contributed by atoms with van der Waals surface area (Å²) in [6, 6.07) is 6.36. The van der Waals surface area contributed by atoms with Gasteiger partial charge in [-0.15, -0.1) is 0 Å². The lowest BCUT2D eigenvalue weighted by Gasteiger charge is -2.23. The highest BCUT2D eigenvalue weighted by Gasteiger charge is 2.20. The van der Waals surface area contributed by atoms with Crippen LogP contribution in [0.1, 0.15) is 36.0 Å². The van der Waals surface area contributed by atoms with E-state index in [4.69, 9.17) is 5.73 Å². The van der Waals surface area contributed by atoms with Gasteiger partial charge in [0.15, 0.2) is 5.78 Å². The van der Waals surface area contributed by atoms with Crippen molar-refractivity contribution in [1.29, 1.82) is 0 Å². The van der Waals surface area contributed by atoms with Crippen LogP contribution in [0.25, 0.3) is 0 Å². The smallest absolute Gasteiger partial charge is 0.166 e. The summed E-state index contributed by atoms with van der Waals surface area (Å²) in [5, 5.41) is 3.28. The van der Waals surface area contributed by atoms with Gasteiger partial charge in [0.25, 0.3) is 0 Å². The second kappa shape index (κ2) is 6.78.